The average Bonchev–Trinajstić information content (AvgIpc) is 2.21. The van der Waals surface area contributed by atoms with Crippen LogP contribution < -0.4 is 4.74 Å². The van der Waals surface area contributed by atoms with E-state index in [-0.39, 0.29) is 6.10 Å². The van der Waals surface area contributed by atoms with Gasteiger partial charge in [0.1, 0.15) is 5.75 Å². The number of carbonyl (C=O) groups excluding carboxylic acids is 1. The van der Waals surface area contributed by atoms with E-state index >= 15 is 0 Å². The molecule has 1 aromatic rings. The largest absolute Gasteiger partial charge is 0.491 e. The molecule has 0 radical (unpaired) electrons. The minimum absolute atomic E-state index is 0.204. The first-order chi connectivity index (χ1) is 6.76. The average molecular weight is 191 g/mol. The van der Waals surface area contributed by atoms with Crippen LogP contribution in [0, 0.1) is 0 Å². The lowest BCUT2D eigenvalue weighted by Crippen LogP contribution is -2.09. The molecule has 1 rings (SSSR count). The van der Waals surface area contributed by atoms with Gasteiger partial charge in [0.15, 0.2) is 0 Å². The number of isocyanates is 1. The molecule has 0 saturated carbocycles. The highest BCUT2D eigenvalue weighted by atomic mass is 16.5. The van der Waals surface area contributed by atoms with Gasteiger partial charge in [0.25, 0.3) is 0 Å². The van der Waals surface area contributed by atoms with E-state index in [1.54, 1.807) is 24.3 Å². The normalized spacial score (nSPS) is 11.6. The zero-order chi connectivity index (χ0) is 10.4. The van der Waals surface area contributed by atoms with Crippen molar-refractivity contribution in [2.45, 2.75) is 26.4 Å². The molecule has 0 aliphatic rings. The molecule has 0 saturated heterocycles. The summed E-state index contributed by atoms with van der Waals surface area (Å²) in [7, 11) is 0. The van der Waals surface area contributed by atoms with Gasteiger partial charge in [-0.15, -0.1) is 0 Å². The molecule has 0 bridgehead atoms. The molecule has 0 aliphatic heterocycles. The van der Waals surface area contributed by atoms with E-state index in [9.17, 15) is 4.79 Å². The van der Waals surface area contributed by atoms with Crippen LogP contribution >= 0.6 is 0 Å². The summed E-state index contributed by atoms with van der Waals surface area (Å²) in [5, 5.41) is 0. The maximum Gasteiger partial charge on any atom is 0.240 e. The first-order valence-electron chi connectivity index (χ1n) is 4.61. The highest BCUT2D eigenvalue weighted by Crippen LogP contribution is 2.18. The number of nitrogens with zero attached hydrogens (tertiary/aromatic N) is 1. The Balaban J connectivity index is 2.68. The standard InChI is InChI=1S/C11H13NO2/c1-3-9(2)14-11-6-4-10(5-7-11)12-8-13/h4-7,9H,3H2,1-2H3. The Hall–Kier alpha value is -1.60. The predicted molar refractivity (Wildman–Crippen MR) is 54.6 cm³/mol. The van der Waals surface area contributed by atoms with Gasteiger partial charge < -0.3 is 4.74 Å². The third-order valence-corrected chi connectivity index (χ3v) is 1.92. The molecule has 1 aromatic carbocycles. The second kappa shape index (κ2) is 5.20. The van der Waals surface area contributed by atoms with Crippen LogP contribution in [-0.2, 0) is 4.79 Å². The van der Waals surface area contributed by atoms with Crippen LogP contribution in [0.3, 0.4) is 0 Å². The summed E-state index contributed by atoms with van der Waals surface area (Å²) >= 11 is 0. The van der Waals surface area contributed by atoms with Crippen LogP contribution in [0.1, 0.15) is 20.3 Å². The van der Waals surface area contributed by atoms with E-state index in [4.69, 9.17) is 4.74 Å². The van der Waals surface area contributed by atoms with E-state index in [0.29, 0.717) is 5.69 Å². The minimum Gasteiger partial charge on any atom is -0.491 e. The number of hydrogen-bond acceptors (Lipinski definition) is 3. The van der Waals surface area contributed by atoms with Crippen LogP contribution in [0.5, 0.6) is 5.75 Å². The van der Waals surface area contributed by atoms with Crippen LogP contribution in [0.25, 0.3) is 0 Å². The van der Waals surface area contributed by atoms with E-state index in [1.807, 2.05) is 6.92 Å². The summed E-state index contributed by atoms with van der Waals surface area (Å²) in [6, 6.07) is 7.04. The van der Waals surface area contributed by atoms with Crippen molar-refractivity contribution >= 4 is 11.8 Å². The first kappa shape index (κ1) is 10.5. The lowest BCUT2D eigenvalue weighted by molar-refractivity contribution is 0.217. The molecule has 1 atom stereocenters. The predicted octanol–water partition coefficient (Wildman–Crippen LogP) is 2.83. The molecular weight excluding hydrogens is 178 g/mol. The highest BCUT2D eigenvalue weighted by Gasteiger charge is 2.00. The summed E-state index contributed by atoms with van der Waals surface area (Å²) in [6.07, 6.45) is 2.66. The van der Waals surface area contributed by atoms with E-state index in [1.165, 1.54) is 6.08 Å². The Morgan fingerprint density at radius 3 is 2.57 bits per heavy atom. The van der Waals surface area contributed by atoms with Crippen molar-refractivity contribution in [3.63, 3.8) is 0 Å². The molecule has 0 aliphatic carbocycles. The van der Waals surface area contributed by atoms with Crippen LogP contribution in [0.15, 0.2) is 29.3 Å². The molecule has 14 heavy (non-hydrogen) atoms. The summed E-state index contributed by atoms with van der Waals surface area (Å²) in [5.41, 5.74) is 0.594. The minimum atomic E-state index is 0.204. The first-order valence-corrected chi connectivity index (χ1v) is 4.61. The van der Waals surface area contributed by atoms with Crippen molar-refractivity contribution in [1.29, 1.82) is 0 Å². The third kappa shape index (κ3) is 3.04. The van der Waals surface area contributed by atoms with Gasteiger partial charge in [0.2, 0.25) is 6.08 Å². The maximum absolute atomic E-state index is 9.96. The maximum atomic E-state index is 9.96. The van der Waals surface area contributed by atoms with Crippen molar-refractivity contribution in [2.24, 2.45) is 4.99 Å². The SMILES string of the molecule is CCC(C)Oc1ccc(N=C=O)cc1. The summed E-state index contributed by atoms with van der Waals surface area (Å²) in [4.78, 5) is 13.4. The van der Waals surface area contributed by atoms with E-state index in [0.717, 1.165) is 12.2 Å². The molecular formula is C11H13NO2. The Bertz CT molecular complexity index is 326. The Morgan fingerprint density at radius 2 is 2.07 bits per heavy atom. The molecule has 3 nitrogen and oxygen atoms in total. The topological polar surface area (TPSA) is 38.7 Å². The Labute approximate surface area is 83.4 Å². The van der Waals surface area contributed by atoms with Crippen molar-refractivity contribution in [3.05, 3.63) is 24.3 Å². The third-order valence-electron chi connectivity index (χ3n) is 1.92. The van der Waals surface area contributed by atoms with Crippen LogP contribution in [0.2, 0.25) is 0 Å². The number of benzene rings is 1. The lowest BCUT2D eigenvalue weighted by atomic mass is 10.3. The molecule has 3 heteroatoms. The number of ether oxygens (including phenoxy) is 1. The van der Waals surface area contributed by atoms with Crippen LogP contribution in [-0.4, -0.2) is 12.2 Å². The fourth-order valence-electron chi connectivity index (χ4n) is 0.968. The second-order valence-electron chi connectivity index (χ2n) is 3.03. The fraction of sp³-hybridized carbons (Fsp3) is 0.364. The molecule has 0 spiro atoms. The Kier molecular flexibility index (Phi) is 3.89. The molecule has 0 aromatic heterocycles. The number of rotatable bonds is 4. The van der Waals surface area contributed by atoms with Crippen molar-refractivity contribution in [3.8, 4) is 5.75 Å². The smallest absolute Gasteiger partial charge is 0.240 e. The quantitative estimate of drug-likeness (QED) is 0.542. The van der Waals surface area contributed by atoms with Gasteiger partial charge in [0, 0.05) is 0 Å². The van der Waals surface area contributed by atoms with E-state index in [2.05, 4.69) is 11.9 Å². The fourth-order valence-corrected chi connectivity index (χ4v) is 0.968. The highest BCUT2D eigenvalue weighted by molar-refractivity contribution is 5.49. The van der Waals surface area contributed by atoms with Gasteiger partial charge >= 0.3 is 0 Å². The van der Waals surface area contributed by atoms with Gasteiger partial charge in [-0.25, -0.2) is 4.79 Å². The summed E-state index contributed by atoms with van der Waals surface area (Å²) < 4.78 is 5.56. The summed E-state index contributed by atoms with van der Waals surface area (Å²) in [6.45, 7) is 4.08. The molecule has 0 heterocycles. The number of hydrogen-bond donors (Lipinski definition) is 0. The van der Waals surface area contributed by atoms with Gasteiger partial charge in [-0.3, -0.25) is 0 Å². The van der Waals surface area contributed by atoms with Gasteiger partial charge in [-0.05, 0) is 37.6 Å². The molecule has 0 amide bonds. The number of aliphatic imine (C=N–C) groups is 1. The molecule has 0 fully saturated rings. The van der Waals surface area contributed by atoms with E-state index < -0.39 is 0 Å². The van der Waals surface area contributed by atoms with Gasteiger partial charge in [-0.2, -0.15) is 4.99 Å². The second-order valence-corrected chi connectivity index (χ2v) is 3.03. The molecule has 74 valence electrons. The lowest BCUT2D eigenvalue weighted by Gasteiger charge is -2.11. The van der Waals surface area contributed by atoms with Crippen molar-refractivity contribution in [2.75, 3.05) is 0 Å². The summed E-state index contributed by atoms with van der Waals surface area (Å²) in [5.74, 6) is 0.796. The van der Waals surface area contributed by atoms with Crippen molar-refractivity contribution in [1.82, 2.24) is 0 Å². The molecule has 1 unspecified atom stereocenters. The van der Waals surface area contributed by atoms with Gasteiger partial charge in [0.05, 0.1) is 11.8 Å². The van der Waals surface area contributed by atoms with Gasteiger partial charge in [-0.1, -0.05) is 6.92 Å². The molecule has 0 N–H and O–H groups in total. The zero-order valence-electron chi connectivity index (χ0n) is 8.36. The zero-order valence-corrected chi connectivity index (χ0v) is 8.36. The monoisotopic (exact) mass is 191 g/mol. The van der Waals surface area contributed by atoms with Crippen molar-refractivity contribution < 1.29 is 9.53 Å². The Morgan fingerprint density at radius 1 is 1.43 bits per heavy atom. The van der Waals surface area contributed by atoms with Crippen LogP contribution in [0.4, 0.5) is 5.69 Å².